The minimum Gasteiger partial charge on any atom is -0.212 e. The molecule has 0 saturated carbocycles. The van der Waals surface area contributed by atoms with E-state index in [4.69, 9.17) is 5.26 Å². The normalized spacial score (nSPS) is 14.1. The van der Waals surface area contributed by atoms with Gasteiger partial charge in [0.15, 0.2) is 0 Å². The lowest BCUT2D eigenvalue weighted by atomic mass is 10.1. The van der Waals surface area contributed by atoms with Crippen molar-refractivity contribution in [2.75, 3.05) is 5.75 Å². The summed E-state index contributed by atoms with van der Waals surface area (Å²) >= 11 is 0. The Bertz CT molecular complexity index is 277. The maximum Gasteiger partial charge on any atom is 0.212 e. The van der Waals surface area contributed by atoms with Gasteiger partial charge in [-0.1, -0.05) is 20.8 Å². The molecule has 1 atom stereocenters. The van der Waals surface area contributed by atoms with E-state index < -0.39 is 16.1 Å². The molecule has 13 heavy (non-hydrogen) atoms. The summed E-state index contributed by atoms with van der Waals surface area (Å²) in [5, 5.41) is 8.65. The van der Waals surface area contributed by atoms with Crippen molar-refractivity contribution in [3.63, 3.8) is 0 Å². The van der Waals surface area contributed by atoms with Gasteiger partial charge < -0.3 is 0 Å². The van der Waals surface area contributed by atoms with Gasteiger partial charge in [-0.3, -0.25) is 0 Å². The molecule has 0 spiro atoms. The van der Waals surface area contributed by atoms with Crippen LogP contribution >= 0.6 is 0 Å². The van der Waals surface area contributed by atoms with Crippen LogP contribution in [-0.4, -0.2) is 20.2 Å². The van der Waals surface area contributed by atoms with Gasteiger partial charge in [0.2, 0.25) is 10.0 Å². The number of nitrogens with zero attached hydrogens (tertiary/aromatic N) is 1. The Morgan fingerprint density at radius 1 is 1.46 bits per heavy atom. The van der Waals surface area contributed by atoms with Gasteiger partial charge in [0.05, 0.1) is 11.8 Å². The first-order valence-corrected chi connectivity index (χ1v) is 5.97. The fourth-order valence-electron chi connectivity index (χ4n) is 0.833. The molecule has 0 fully saturated rings. The second kappa shape index (κ2) is 5.20. The highest BCUT2D eigenvalue weighted by Gasteiger charge is 2.18. The van der Waals surface area contributed by atoms with Crippen LogP contribution in [0.3, 0.4) is 0 Å². The number of rotatable bonds is 5. The number of nitriles is 1. The summed E-state index contributed by atoms with van der Waals surface area (Å²) in [6.07, 6.45) is 0.561. The second-order valence-corrected chi connectivity index (χ2v) is 5.16. The molecule has 76 valence electrons. The summed E-state index contributed by atoms with van der Waals surface area (Å²) < 4.78 is 24.8. The van der Waals surface area contributed by atoms with E-state index in [1.54, 1.807) is 6.92 Å². The van der Waals surface area contributed by atoms with Crippen LogP contribution < -0.4 is 4.72 Å². The number of nitrogens with one attached hydrogen (secondary N) is 1. The van der Waals surface area contributed by atoms with Crippen LogP contribution in [0.4, 0.5) is 0 Å². The molecule has 1 N–H and O–H groups in total. The first-order valence-electron chi connectivity index (χ1n) is 4.32. The molecule has 0 aliphatic rings. The van der Waals surface area contributed by atoms with Crippen LogP contribution in [0, 0.1) is 17.2 Å². The molecule has 0 bridgehead atoms. The minimum atomic E-state index is -3.26. The zero-order chi connectivity index (χ0) is 10.5. The summed E-state index contributed by atoms with van der Waals surface area (Å²) in [6.45, 7) is 5.40. The number of sulfonamides is 1. The highest BCUT2D eigenvalue weighted by Crippen LogP contribution is 2.02. The van der Waals surface area contributed by atoms with Gasteiger partial charge in [-0.2, -0.15) is 9.98 Å². The zero-order valence-corrected chi connectivity index (χ0v) is 9.06. The Balaban J connectivity index is 4.34. The van der Waals surface area contributed by atoms with Gasteiger partial charge in [0, 0.05) is 0 Å². The Morgan fingerprint density at radius 2 is 2.00 bits per heavy atom. The van der Waals surface area contributed by atoms with Crippen molar-refractivity contribution in [3.8, 4) is 6.07 Å². The summed E-state index contributed by atoms with van der Waals surface area (Å²) in [5.74, 6) is 0.0781. The largest absolute Gasteiger partial charge is 0.212 e. The average molecular weight is 204 g/mol. The zero-order valence-electron chi connectivity index (χ0n) is 8.24. The fraction of sp³-hybridized carbons (Fsp3) is 0.875. The fourth-order valence-corrected chi connectivity index (χ4v) is 2.20. The van der Waals surface area contributed by atoms with E-state index in [1.807, 2.05) is 19.9 Å². The molecule has 0 amide bonds. The quantitative estimate of drug-likeness (QED) is 0.722. The molecule has 5 heteroatoms. The third-order valence-electron chi connectivity index (χ3n) is 1.59. The summed E-state index contributed by atoms with van der Waals surface area (Å²) in [5.41, 5.74) is 0. The standard InChI is InChI=1S/C8H16N2O2S/c1-4-5-13(11,12)10-8(6-9)7(2)3/h7-8,10H,4-5H2,1-3H3. The van der Waals surface area contributed by atoms with Crippen molar-refractivity contribution < 1.29 is 8.42 Å². The van der Waals surface area contributed by atoms with Crippen molar-refractivity contribution in [1.29, 1.82) is 5.26 Å². The SMILES string of the molecule is CCCS(=O)(=O)NC(C#N)C(C)C. The molecule has 1 unspecified atom stereocenters. The van der Waals surface area contributed by atoms with E-state index >= 15 is 0 Å². The van der Waals surface area contributed by atoms with E-state index in [-0.39, 0.29) is 11.7 Å². The van der Waals surface area contributed by atoms with Crippen molar-refractivity contribution in [1.82, 2.24) is 4.72 Å². The molecule has 0 aromatic heterocycles. The van der Waals surface area contributed by atoms with Gasteiger partial charge in [0.25, 0.3) is 0 Å². The smallest absolute Gasteiger partial charge is 0.212 e. The molecule has 0 heterocycles. The maximum atomic E-state index is 11.2. The Morgan fingerprint density at radius 3 is 2.31 bits per heavy atom. The molecule has 0 radical (unpaired) electrons. The van der Waals surface area contributed by atoms with E-state index in [0.29, 0.717) is 6.42 Å². The lowest BCUT2D eigenvalue weighted by Gasteiger charge is -2.14. The van der Waals surface area contributed by atoms with Crippen molar-refractivity contribution >= 4 is 10.0 Å². The van der Waals surface area contributed by atoms with Crippen molar-refractivity contribution in [2.24, 2.45) is 5.92 Å². The molecule has 0 aliphatic heterocycles. The van der Waals surface area contributed by atoms with Crippen LogP contribution in [-0.2, 0) is 10.0 Å². The Kier molecular flexibility index (Phi) is 4.96. The summed E-state index contributed by atoms with van der Waals surface area (Å²) in [7, 11) is -3.26. The van der Waals surface area contributed by atoms with Crippen LogP contribution in [0.2, 0.25) is 0 Å². The van der Waals surface area contributed by atoms with E-state index in [9.17, 15) is 8.42 Å². The van der Waals surface area contributed by atoms with E-state index in [1.165, 1.54) is 0 Å². The average Bonchev–Trinajstić information content (AvgIpc) is 1.99. The van der Waals surface area contributed by atoms with Gasteiger partial charge >= 0.3 is 0 Å². The van der Waals surface area contributed by atoms with Crippen molar-refractivity contribution in [2.45, 2.75) is 33.2 Å². The summed E-state index contributed by atoms with van der Waals surface area (Å²) in [6, 6.07) is 1.31. The molecule has 4 nitrogen and oxygen atoms in total. The molecule has 0 aromatic rings. The maximum absolute atomic E-state index is 11.2. The number of hydrogen-bond acceptors (Lipinski definition) is 3. The van der Waals surface area contributed by atoms with Crippen LogP contribution in [0.5, 0.6) is 0 Å². The Hall–Kier alpha value is -0.600. The first-order chi connectivity index (χ1) is 5.93. The monoisotopic (exact) mass is 204 g/mol. The van der Waals surface area contributed by atoms with Gasteiger partial charge in [0.1, 0.15) is 6.04 Å². The third kappa shape index (κ3) is 4.86. The van der Waals surface area contributed by atoms with Gasteiger partial charge in [-0.15, -0.1) is 0 Å². The predicted molar refractivity (Wildman–Crippen MR) is 51.5 cm³/mol. The molecule has 0 rings (SSSR count). The first kappa shape index (κ1) is 12.4. The highest BCUT2D eigenvalue weighted by atomic mass is 32.2. The lowest BCUT2D eigenvalue weighted by molar-refractivity contribution is 0.514. The second-order valence-electron chi connectivity index (χ2n) is 3.29. The van der Waals surface area contributed by atoms with Gasteiger partial charge in [-0.25, -0.2) is 8.42 Å². The van der Waals surface area contributed by atoms with Crippen LogP contribution in [0.15, 0.2) is 0 Å². The van der Waals surface area contributed by atoms with Gasteiger partial charge in [-0.05, 0) is 12.3 Å². The molecule has 0 aromatic carbocycles. The number of hydrogen-bond donors (Lipinski definition) is 1. The van der Waals surface area contributed by atoms with Crippen LogP contribution in [0.1, 0.15) is 27.2 Å². The topological polar surface area (TPSA) is 70.0 Å². The summed E-state index contributed by atoms with van der Waals surface area (Å²) in [4.78, 5) is 0. The molecular formula is C8H16N2O2S. The van der Waals surface area contributed by atoms with E-state index in [2.05, 4.69) is 4.72 Å². The highest BCUT2D eigenvalue weighted by molar-refractivity contribution is 7.89. The molecule has 0 saturated heterocycles. The molecule has 0 aliphatic carbocycles. The third-order valence-corrected chi connectivity index (χ3v) is 3.14. The lowest BCUT2D eigenvalue weighted by Crippen LogP contribution is -2.38. The van der Waals surface area contributed by atoms with Crippen LogP contribution in [0.25, 0.3) is 0 Å². The van der Waals surface area contributed by atoms with Crippen molar-refractivity contribution in [3.05, 3.63) is 0 Å². The minimum absolute atomic E-state index is 0.00312. The van der Waals surface area contributed by atoms with E-state index in [0.717, 1.165) is 0 Å². The predicted octanol–water partition coefficient (Wildman–Crippen LogP) is 0.864. The Labute approximate surface area is 80.0 Å². The molecular weight excluding hydrogens is 188 g/mol.